The molecule has 0 aliphatic heterocycles. The number of anilines is 1. The fraction of sp³-hybridized carbons (Fsp3) is 0.300. The molecule has 3 N–H and O–H groups in total. The lowest BCUT2D eigenvalue weighted by Gasteiger charge is -2.09. The van der Waals surface area contributed by atoms with E-state index in [9.17, 15) is 4.79 Å². The molecule has 0 heterocycles. The van der Waals surface area contributed by atoms with Gasteiger partial charge in [-0.1, -0.05) is 19.9 Å². The number of carbonyl (C=O) groups is 1. The first-order valence-electron chi connectivity index (χ1n) is 4.15. The van der Waals surface area contributed by atoms with Crippen molar-refractivity contribution in [2.75, 3.05) is 5.73 Å². The summed E-state index contributed by atoms with van der Waals surface area (Å²) in [5.41, 5.74) is 7.11. The number of hydrogen-bond donors (Lipinski definition) is 2. The van der Waals surface area contributed by atoms with Gasteiger partial charge in [-0.3, -0.25) is 0 Å². The van der Waals surface area contributed by atoms with Crippen LogP contribution in [0.15, 0.2) is 18.2 Å². The van der Waals surface area contributed by atoms with Crippen LogP contribution in [0.2, 0.25) is 0 Å². The summed E-state index contributed by atoms with van der Waals surface area (Å²) >= 11 is 0. The van der Waals surface area contributed by atoms with Crippen LogP contribution in [-0.2, 0) is 0 Å². The number of benzene rings is 1. The van der Waals surface area contributed by atoms with E-state index in [0.29, 0.717) is 11.3 Å². The maximum Gasteiger partial charge on any atom is 0.336 e. The lowest BCUT2D eigenvalue weighted by molar-refractivity contribution is 0.0695. The van der Waals surface area contributed by atoms with Crippen LogP contribution in [0.5, 0.6) is 0 Å². The van der Waals surface area contributed by atoms with E-state index in [2.05, 4.69) is 0 Å². The number of aromatic carboxylic acids is 1. The van der Waals surface area contributed by atoms with Crippen LogP contribution < -0.4 is 5.73 Å². The van der Waals surface area contributed by atoms with Crippen LogP contribution in [0.4, 0.5) is 5.69 Å². The van der Waals surface area contributed by atoms with E-state index in [-0.39, 0.29) is 5.92 Å². The fourth-order valence-corrected chi connectivity index (χ4v) is 1.26. The molecule has 1 aromatic rings. The van der Waals surface area contributed by atoms with Crippen molar-refractivity contribution in [1.29, 1.82) is 0 Å². The molecule has 0 saturated heterocycles. The van der Waals surface area contributed by atoms with Crippen molar-refractivity contribution in [3.63, 3.8) is 0 Å². The van der Waals surface area contributed by atoms with Crippen molar-refractivity contribution < 1.29 is 9.90 Å². The Hall–Kier alpha value is -1.51. The molecule has 0 amide bonds. The monoisotopic (exact) mass is 179 g/mol. The van der Waals surface area contributed by atoms with E-state index in [0.717, 1.165) is 5.56 Å². The van der Waals surface area contributed by atoms with Gasteiger partial charge in [-0.05, 0) is 23.6 Å². The molecule has 0 unspecified atom stereocenters. The molecular weight excluding hydrogens is 166 g/mol. The number of nitrogen functional groups attached to an aromatic ring is 1. The second-order valence-corrected chi connectivity index (χ2v) is 3.31. The highest BCUT2D eigenvalue weighted by atomic mass is 16.4. The van der Waals surface area contributed by atoms with E-state index < -0.39 is 5.97 Å². The van der Waals surface area contributed by atoms with Crippen LogP contribution in [0.25, 0.3) is 0 Å². The minimum absolute atomic E-state index is 0.201. The summed E-state index contributed by atoms with van der Waals surface area (Å²) in [7, 11) is 0. The van der Waals surface area contributed by atoms with Crippen LogP contribution >= 0.6 is 0 Å². The summed E-state index contributed by atoms with van der Waals surface area (Å²) in [4.78, 5) is 10.8. The first-order chi connectivity index (χ1) is 6.02. The third-order valence-corrected chi connectivity index (χ3v) is 1.93. The molecule has 0 spiro atoms. The van der Waals surface area contributed by atoms with E-state index in [4.69, 9.17) is 10.8 Å². The largest absolute Gasteiger partial charge is 0.478 e. The lowest BCUT2D eigenvalue weighted by Crippen LogP contribution is -2.04. The van der Waals surface area contributed by atoms with Gasteiger partial charge in [0.1, 0.15) is 0 Å². The number of carboxylic acid groups (broad SMARTS) is 1. The molecule has 3 nitrogen and oxygen atoms in total. The zero-order chi connectivity index (χ0) is 10.0. The van der Waals surface area contributed by atoms with E-state index in [1.165, 1.54) is 6.07 Å². The summed E-state index contributed by atoms with van der Waals surface area (Å²) in [6.45, 7) is 3.91. The van der Waals surface area contributed by atoms with Gasteiger partial charge >= 0.3 is 5.97 Å². The van der Waals surface area contributed by atoms with E-state index in [1.807, 2.05) is 13.8 Å². The summed E-state index contributed by atoms with van der Waals surface area (Å²) in [5.74, 6) is -0.720. The van der Waals surface area contributed by atoms with Gasteiger partial charge in [-0.15, -0.1) is 0 Å². The van der Waals surface area contributed by atoms with Crippen molar-refractivity contribution in [1.82, 2.24) is 0 Å². The Morgan fingerprint density at radius 2 is 2.08 bits per heavy atom. The average Bonchev–Trinajstić information content (AvgIpc) is 2.03. The quantitative estimate of drug-likeness (QED) is 0.683. The third-order valence-electron chi connectivity index (χ3n) is 1.93. The molecule has 0 atom stereocenters. The molecule has 70 valence electrons. The molecular formula is C10H13NO2. The Balaban J connectivity index is 3.27. The number of rotatable bonds is 2. The van der Waals surface area contributed by atoms with Gasteiger partial charge in [0.2, 0.25) is 0 Å². The lowest BCUT2D eigenvalue weighted by atomic mass is 9.97. The van der Waals surface area contributed by atoms with E-state index >= 15 is 0 Å². The molecule has 0 aromatic heterocycles. The Kier molecular flexibility index (Phi) is 2.56. The summed E-state index contributed by atoms with van der Waals surface area (Å²) in [6, 6.07) is 4.99. The zero-order valence-corrected chi connectivity index (χ0v) is 7.74. The number of hydrogen-bond acceptors (Lipinski definition) is 2. The minimum atomic E-state index is -0.920. The molecule has 0 fully saturated rings. The van der Waals surface area contributed by atoms with Crippen LogP contribution in [-0.4, -0.2) is 11.1 Å². The molecule has 0 bridgehead atoms. The smallest absolute Gasteiger partial charge is 0.336 e. The van der Waals surface area contributed by atoms with Crippen LogP contribution in [0, 0.1) is 0 Å². The highest BCUT2D eigenvalue weighted by molar-refractivity contribution is 5.90. The first kappa shape index (κ1) is 9.58. The van der Waals surface area contributed by atoms with Gasteiger partial charge in [-0.25, -0.2) is 4.79 Å². The van der Waals surface area contributed by atoms with Gasteiger partial charge in [0.05, 0.1) is 5.56 Å². The second kappa shape index (κ2) is 3.47. The van der Waals surface area contributed by atoms with Crippen molar-refractivity contribution >= 4 is 11.7 Å². The molecule has 0 aliphatic rings. The second-order valence-electron chi connectivity index (χ2n) is 3.31. The highest BCUT2D eigenvalue weighted by Gasteiger charge is 2.12. The number of carboxylic acids is 1. The molecule has 0 aliphatic carbocycles. The summed E-state index contributed by atoms with van der Waals surface area (Å²) in [6.07, 6.45) is 0. The molecule has 0 saturated carbocycles. The van der Waals surface area contributed by atoms with Crippen LogP contribution in [0.3, 0.4) is 0 Å². The zero-order valence-electron chi connectivity index (χ0n) is 7.74. The first-order valence-corrected chi connectivity index (χ1v) is 4.15. The predicted octanol–water partition coefficient (Wildman–Crippen LogP) is 2.09. The van der Waals surface area contributed by atoms with Gasteiger partial charge < -0.3 is 10.8 Å². The van der Waals surface area contributed by atoms with Crippen molar-refractivity contribution in [2.45, 2.75) is 19.8 Å². The molecule has 3 heteroatoms. The predicted molar refractivity (Wildman–Crippen MR) is 51.9 cm³/mol. The maximum atomic E-state index is 10.8. The SMILES string of the molecule is CC(C)c1ccc(N)cc1C(=O)O. The molecule has 1 aromatic carbocycles. The van der Waals surface area contributed by atoms with Crippen molar-refractivity contribution in [3.8, 4) is 0 Å². The highest BCUT2D eigenvalue weighted by Crippen LogP contribution is 2.21. The van der Waals surface area contributed by atoms with Gasteiger partial charge in [0.15, 0.2) is 0 Å². The number of nitrogens with two attached hydrogens (primary N) is 1. The Bertz CT molecular complexity index is 332. The van der Waals surface area contributed by atoms with Gasteiger partial charge in [-0.2, -0.15) is 0 Å². The Morgan fingerprint density at radius 1 is 1.46 bits per heavy atom. The summed E-state index contributed by atoms with van der Waals surface area (Å²) in [5, 5.41) is 8.88. The fourth-order valence-electron chi connectivity index (χ4n) is 1.26. The third kappa shape index (κ3) is 1.99. The topological polar surface area (TPSA) is 63.3 Å². The molecule has 0 radical (unpaired) electrons. The normalized spacial score (nSPS) is 10.4. The Labute approximate surface area is 77.2 Å². The maximum absolute atomic E-state index is 10.8. The molecule has 1 rings (SSSR count). The van der Waals surface area contributed by atoms with Crippen LogP contribution in [0.1, 0.15) is 35.7 Å². The van der Waals surface area contributed by atoms with E-state index in [1.54, 1.807) is 12.1 Å². The summed E-state index contributed by atoms with van der Waals surface area (Å²) < 4.78 is 0. The van der Waals surface area contributed by atoms with Gasteiger partial charge in [0.25, 0.3) is 0 Å². The average molecular weight is 179 g/mol. The molecule has 13 heavy (non-hydrogen) atoms. The Morgan fingerprint density at radius 3 is 2.54 bits per heavy atom. The van der Waals surface area contributed by atoms with Gasteiger partial charge in [0, 0.05) is 5.69 Å². The standard InChI is InChI=1S/C10H13NO2/c1-6(2)8-4-3-7(11)5-9(8)10(12)13/h3-6H,11H2,1-2H3,(H,12,13). The van der Waals surface area contributed by atoms with Crippen molar-refractivity contribution in [3.05, 3.63) is 29.3 Å². The minimum Gasteiger partial charge on any atom is -0.478 e. The van der Waals surface area contributed by atoms with Crippen molar-refractivity contribution in [2.24, 2.45) is 0 Å².